The molecule has 13 heteroatoms. The lowest BCUT2D eigenvalue weighted by atomic mass is 10.00. The summed E-state index contributed by atoms with van der Waals surface area (Å²) in [6.45, 7) is 2.71. The molecule has 0 aliphatic heterocycles. The van der Waals surface area contributed by atoms with Gasteiger partial charge in [0.25, 0.3) is 11.8 Å². The Kier molecular flexibility index (Phi) is 11.9. The summed E-state index contributed by atoms with van der Waals surface area (Å²) < 4.78 is 34.3. The lowest BCUT2D eigenvalue weighted by Crippen LogP contribution is -2.48. The molecule has 244 valence electrons. The number of aliphatic hydroxyl groups excluding tert-OH is 1. The molecule has 1 unspecified atom stereocenters. The van der Waals surface area contributed by atoms with Crippen LogP contribution in [0.4, 0.5) is 0 Å². The number of carbonyl (C=O) groups excluding carboxylic acids is 2. The predicted molar refractivity (Wildman–Crippen MR) is 177 cm³/mol. The van der Waals surface area contributed by atoms with Crippen LogP contribution in [0.15, 0.2) is 78.2 Å². The number of benzene rings is 3. The van der Waals surface area contributed by atoms with Crippen molar-refractivity contribution in [3.63, 3.8) is 0 Å². The van der Waals surface area contributed by atoms with Crippen LogP contribution < -0.4 is 19.6 Å². The van der Waals surface area contributed by atoms with E-state index < -0.39 is 34.1 Å². The van der Waals surface area contributed by atoms with Gasteiger partial charge in [0.15, 0.2) is 0 Å². The Bertz CT molecular complexity index is 1750. The third-order valence-corrected chi connectivity index (χ3v) is 8.39. The highest BCUT2D eigenvalue weighted by Crippen LogP contribution is 2.22. The molecule has 4 rings (SSSR count). The highest BCUT2D eigenvalue weighted by Gasteiger charge is 2.25. The fourth-order valence-electron chi connectivity index (χ4n) is 4.74. The van der Waals surface area contributed by atoms with Crippen LogP contribution in [0, 0.1) is 6.92 Å². The van der Waals surface area contributed by atoms with Crippen molar-refractivity contribution in [2.45, 2.75) is 38.6 Å². The molecule has 0 spiro atoms. The first kappa shape index (κ1) is 34.6. The van der Waals surface area contributed by atoms with E-state index in [0.717, 1.165) is 33.8 Å². The summed E-state index contributed by atoms with van der Waals surface area (Å²) in [5, 5.41) is 20.0. The minimum absolute atomic E-state index is 0.00223. The molecule has 1 heterocycles. The van der Waals surface area contributed by atoms with Gasteiger partial charge in [-0.05, 0) is 54.8 Å². The number of thiazole rings is 1. The number of methoxy groups -OCH3 is 1. The highest BCUT2D eigenvalue weighted by molar-refractivity contribution is 7.86. The van der Waals surface area contributed by atoms with Crippen LogP contribution in [0.5, 0.6) is 11.5 Å². The summed E-state index contributed by atoms with van der Waals surface area (Å²) >= 11 is 1.42. The zero-order valence-corrected chi connectivity index (χ0v) is 27.7. The van der Waals surface area contributed by atoms with Crippen LogP contribution >= 0.6 is 11.3 Å². The number of aryl methyl sites for hydroxylation is 1. The van der Waals surface area contributed by atoms with Crippen LogP contribution in [0.1, 0.15) is 42.5 Å². The first-order valence-corrected chi connectivity index (χ1v) is 17.2. The number of hydrogen-bond acceptors (Lipinski definition) is 10. The second-order valence-electron chi connectivity index (χ2n) is 10.9. The smallest absolute Gasteiger partial charge is 0.306 e. The molecular weight excluding hydrogens is 629 g/mol. The zero-order chi connectivity index (χ0) is 33.3. The third-order valence-electron chi connectivity index (χ3n) is 6.95. The number of amides is 2. The van der Waals surface area contributed by atoms with Crippen LogP contribution in [0.2, 0.25) is 0 Å². The van der Waals surface area contributed by atoms with Crippen molar-refractivity contribution in [2.24, 2.45) is 0 Å². The number of aromatic nitrogens is 1. The molecule has 11 nitrogen and oxygen atoms in total. The zero-order valence-electron chi connectivity index (χ0n) is 26.1. The molecule has 0 fully saturated rings. The molecule has 1 aromatic heterocycles. The largest absolute Gasteiger partial charge is 0.497 e. The maximum Gasteiger partial charge on any atom is 0.306 e. The lowest BCUT2D eigenvalue weighted by Gasteiger charge is -2.25. The topological polar surface area (TPSA) is 147 Å². The molecule has 3 aromatic carbocycles. The van der Waals surface area contributed by atoms with E-state index >= 15 is 0 Å². The monoisotopic (exact) mass is 666 g/mol. The van der Waals surface area contributed by atoms with E-state index in [4.69, 9.17) is 8.92 Å². The fraction of sp³-hybridized carbons (Fsp3) is 0.303. The number of hydrogen-bond donors (Lipinski definition) is 3. The van der Waals surface area contributed by atoms with Crippen molar-refractivity contribution in [2.75, 3.05) is 27.0 Å². The van der Waals surface area contributed by atoms with Crippen molar-refractivity contribution in [1.82, 2.24) is 20.5 Å². The van der Waals surface area contributed by atoms with E-state index in [-0.39, 0.29) is 30.0 Å². The first-order valence-electron chi connectivity index (χ1n) is 14.5. The van der Waals surface area contributed by atoms with Gasteiger partial charge < -0.3 is 29.6 Å². The predicted octanol–water partition coefficient (Wildman–Crippen LogP) is 3.56. The van der Waals surface area contributed by atoms with Gasteiger partial charge in [-0.2, -0.15) is 8.42 Å². The normalized spacial score (nSPS) is 12.6. The molecular formula is C33H38N4O7S2. The molecule has 0 radical (unpaired) electrons. The minimum atomic E-state index is -3.96. The molecule has 46 heavy (non-hydrogen) atoms. The van der Waals surface area contributed by atoms with Crippen molar-refractivity contribution in [1.29, 1.82) is 0 Å². The number of nitrogens with zero attached hydrogens (tertiary/aromatic N) is 2. The Hall–Kier alpha value is -4.30. The van der Waals surface area contributed by atoms with Crippen molar-refractivity contribution in [3.8, 4) is 11.5 Å². The van der Waals surface area contributed by atoms with Gasteiger partial charge in [0.2, 0.25) is 0 Å². The maximum absolute atomic E-state index is 13.7. The van der Waals surface area contributed by atoms with Crippen LogP contribution in [-0.2, 0) is 29.6 Å². The van der Waals surface area contributed by atoms with Gasteiger partial charge in [-0.15, -0.1) is 11.3 Å². The summed E-state index contributed by atoms with van der Waals surface area (Å²) in [6, 6.07) is 20.1. The van der Waals surface area contributed by atoms with Gasteiger partial charge >= 0.3 is 10.1 Å². The third kappa shape index (κ3) is 10.4. The van der Waals surface area contributed by atoms with Crippen molar-refractivity contribution < 1.29 is 32.0 Å². The number of aliphatic hydroxyl groups is 1. The molecule has 0 saturated carbocycles. The summed E-state index contributed by atoms with van der Waals surface area (Å²) in [4.78, 5) is 32.9. The van der Waals surface area contributed by atoms with E-state index in [9.17, 15) is 23.1 Å². The van der Waals surface area contributed by atoms with Crippen molar-refractivity contribution in [3.05, 3.63) is 111 Å². The fourth-order valence-corrected chi connectivity index (χ4v) is 6.01. The Labute approximate surface area is 273 Å². The Balaban J connectivity index is 1.55. The second-order valence-corrected chi connectivity index (χ2v) is 13.4. The molecule has 2 atom stereocenters. The Morgan fingerprint density at radius 2 is 1.72 bits per heavy atom. The Morgan fingerprint density at radius 1 is 1.00 bits per heavy atom. The van der Waals surface area contributed by atoms with Crippen molar-refractivity contribution >= 4 is 33.3 Å². The highest BCUT2D eigenvalue weighted by atomic mass is 32.2. The van der Waals surface area contributed by atoms with Gasteiger partial charge in [-0.1, -0.05) is 42.5 Å². The Morgan fingerprint density at radius 3 is 2.39 bits per heavy atom. The van der Waals surface area contributed by atoms with E-state index in [1.807, 2.05) is 66.9 Å². The van der Waals surface area contributed by atoms with E-state index in [1.165, 1.54) is 34.4 Å². The molecule has 2 amide bonds. The maximum atomic E-state index is 13.7. The SMILES string of the molecule is COc1cccc(CNC[C@@H](O)C(Cc2ccccc2)NC(=O)c2cc(OS(C)(=O)=O)cc(C(=O)N(C)Cc3nc(C)cs3)c2)c1. The summed E-state index contributed by atoms with van der Waals surface area (Å²) in [6.07, 6.45) is 0.193. The quantitative estimate of drug-likeness (QED) is 0.162. The first-order chi connectivity index (χ1) is 21.9. The minimum Gasteiger partial charge on any atom is -0.497 e. The summed E-state index contributed by atoms with van der Waals surface area (Å²) in [5.41, 5.74) is 2.75. The average Bonchev–Trinajstić information content (AvgIpc) is 3.43. The summed E-state index contributed by atoms with van der Waals surface area (Å²) in [5.74, 6) is -0.530. The molecule has 3 N–H and O–H groups in total. The number of rotatable bonds is 15. The number of carbonyl (C=O) groups is 2. The van der Waals surface area contributed by atoms with Gasteiger partial charge in [-0.25, -0.2) is 4.98 Å². The van der Waals surface area contributed by atoms with Gasteiger partial charge in [0.05, 0.1) is 32.1 Å². The molecule has 0 saturated heterocycles. The van der Waals surface area contributed by atoms with E-state index in [1.54, 1.807) is 14.2 Å². The summed E-state index contributed by atoms with van der Waals surface area (Å²) in [7, 11) is -0.779. The van der Waals surface area contributed by atoms with E-state index in [0.29, 0.717) is 13.0 Å². The standard InChI is InChI=1S/C33H38N4O7S2/c1-22-21-45-31(35-22)20-37(2)33(40)26-15-25(16-28(17-26)44-46(4,41)42)32(39)36-29(14-23-9-6-5-7-10-23)30(38)19-34-18-24-11-8-12-27(13-24)43-3/h5-13,15-17,21,29-30,34,38H,14,18-20H2,1-4H3,(H,36,39)/t29?,30-/m1/s1. The molecule has 0 aliphatic rings. The van der Waals surface area contributed by atoms with Gasteiger partial charge in [-0.3, -0.25) is 9.59 Å². The van der Waals surface area contributed by atoms with Gasteiger partial charge in [0, 0.05) is 42.3 Å². The molecule has 4 aromatic rings. The number of nitrogens with one attached hydrogen (secondary N) is 2. The van der Waals surface area contributed by atoms with Gasteiger partial charge in [0.1, 0.15) is 16.5 Å². The van der Waals surface area contributed by atoms with Crippen LogP contribution in [0.3, 0.4) is 0 Å². The number of ether oxygens (including phenoxy) is 1. The van der Waals surface area contributed by atoms with Crippen LogP contribution in [-0.4, -0.2) is 74.3 Å². The van der Waals surface area contributed by atoms with Crippen LogP contribution in [0.25, 0.3) is 0 Å². The molecule has 0 aliphatic carbocycles. The average molecular weight is 667 g/mol. The second kappa shape index (κ2) is 15.8. The van der Waals surface area contributed by atoms with E-state index in [2.05, 4.69) is 15.6 Å². The molecule has 0 bridgehead atoms. The lowest BCUT2D eigenvalue weighted by molar-refractivity contribution is 0.0784.